The zero-order valence-electron chi connectivity index (χ0n) is 9.82. The van der Waals surface area contributed by atoms with Crippen molar-refractivity contribution in [2.75, 3.05) is 19.7 Å². The fourth-order valence-electron chi connectivity index (χ4n) is 2.20. The monoisotopic (exact) mass is 215 g/mol. The van der Waals surface area contributed by atoms with E-state index in [1.165, 1.54) is 0 Å². The molecule has 0 unspecified atom stereocenters. The molecule has 0 amide bonds. The summed E-state index contributed by atoms with van der Waals surface area (Å²) in [6.45, 7) is 7.87. The predicted molar refractivity (Wildman–Crippen MR) is 57.9 cm³/mol. The summed E-state index contributed by atoms with van der Waals surface area (Å²) in [6, 6.07) is 0.617. The quantitative estimate of drug-likeness (QED) is 0.726. The fraction of sp³-hybridized carbons (Fsp3) is 0.909. The van der Waals surface area contributed by atoms with E-state index < -0.39 is 5.97 Å². The Morgan fingerprint density at radius 1 is 1.47 bits per heavy atom. The molecular formula is C11H21NO3. The summed E-state index contributed by atoms with van der Waals surface area (Å²) < 4.78 is 5.36. The van der Waals surface area contributed by atoms with Crippen LogP contribution in [0.2, 0.25) is 0 Å². The molecule has 1 heterocycles. The van der Waals surface area contributed by atoms with Crippen LogP contribution in [0.1, 0.15) is 33.6 Å². The number of rotatable bonds is 6. The first-order valence-corrected chi connectivity index (χ1v) is 5.60. The van der Waals surface area contributed by atoms with E-state index in [9.17, 15) is 4.79 Å². The van der Waals surface area contributed by atoms with Crippen LogP contribution in [0, 0.1) is 0 Å². The molecule has 88 valence electrons. The largest absolute Gasteiger partial charge is 0.480 e. The molecule has 0 aromatic rings. The third-order valence-electron chi connectivity index (χ3n) is 3.08. The van der Waals surface area contributed by atoms with Crippen LogP contribution in [0.3, 0.4) is 0 Å². The van der Waals surface area contributed by atoms with Gasteiger partial charge in [0.25, 0.3) is 0 Å². The lowest BCUT2D eigenvalue weighted by Gasteiger charge is -2.50. The number of likely N-dealkylation sites (tertiary alicyclic amines) is 1. The van der Waals surface area contributed by atoms with Gasteiger partial charge < -0.3 is 9.84 Å². The van der Waals surface area contributed by atoms with E-state index in [1.54, 1.807) is 0 Å². The van der Waals surface area contributed by atoms with Crippen molar-refractivity contribution in [3.63, 3.8) is 0 Å². The second-order valence-electron chi connectivity index (χ2n) is 4.51. The number of aliphatic carboxylic acids is 1. The van der Waals surface area contributed by atoms with Crippen molar-refractivity contribution in [3.05, 3.63) is 0 Å². The molecule has 0 saturated carbocycles. The van der Waals surface area contributed by atoms with Gasteiger partial charge >= 0.3 is 5.97 Å². The summed E-state index contributed by atoms with van der Waals surface area (Å²) in [4.78, 5) is 12.7. The first-order chi connectivity index (χ1) is 7.00. The van der Waals surface area contributed by atoms with Crippen molar-refractivity contribution in [3.8, 4) is 0 Å². The molecule has 0 bridgehead atoms. The molecule has 1 aliphatic rings. The summed E-state index contributed by atoms with van der Waals surface area (Å²) in [5.74, 6) is -0.891. The van der Waals surface area contributed by atoms with Gasteiger partial charge in [-0.05, 0) is 19.8 Å². The van der Waals surface area contributed by atoms with E-state index in [2.05, 4.69) is 18.7 Å². The van der Waals surface area contributed by atoms with Crippen molar-refractivity contribution in [2.24, 2.45) is 0 Å². The van der Waals surface area contributed by atoms with Gasteiger partial charge in [-0.3, -0.25) is 4.90 Å². The molecule has 0 aromatic heterocycles. The van der Waals surface area contributed by atoms with Crippen LogP contribution < -0.4 is 0 Å². The highest BCUT2D eigenvalue weighted by atomic mass is 16.5. The second-order valence-corrected chi connectivity index (χ2v) is 4.51. The zero-order chi connectivity index (χ0) is 11.5. The van der Waals surface area contributed by atoms with Crippen LogP contribution in [0.25, 0.3) is 0 Å². The lowest BCUT2D eigenvalue weighted by atomic mass is 9.92. The van der Waals surface area contributed by atoms with E-state index in [0.29, 0.717) is 6.04 Å². The van der Waals surface area contributed by atoms with Crippen LogP contribution in [0.4, 0.5) is 0 Å². The molecule has 1 saturated heterocycles. The average Bonchev–Trinajstić information content (AvgIpc) is 2.14. The number of hydrogen-bond acceptors (Lipinski definition) is 3. The van der Waals surface area contributed by atoms with Crippen molar-refractivity contribution in [1.29, 1.82) is 0 Å². The Bertz CT molecular complexity index is 220. The molecule has 0 aliphatic carbocycles. The van der Waals surface area contributed by atoms with Gasteiger partial charge in [-0.1, -0.05) is 13.8 Å². The molecule has 1 rings (SSSR count). The lowest BCUT2D eigenvalue weighted by molar-refractivity contribution is -0.169. The lowest BCUT2D eigenvalue weighted by Crippen LogP contribution is -2.64. The highest BCUT2D eigenvalue weighted by Gasteiger charge is 2.42. The van der Waals surface area contributed by atoms with E-state index in [-0.39, 0.29) is 12.2 Å². The van der Waals surface area contributed by atoms with Gasteiger partial charge in [-0.25, -0.2) is 4.79 Å². The smallest absolute Gasteiger partial charge is 0.329 e. The van der Waals surface area contributed by atoms with Crippen molar-refractivity contribution in [2.45, 2.75) is 45.3 Å². The van der Waals surface area contributed by atoms with Gasteiger partial charge in [0.15, 0.2) is 0 Å². The van der Waals surface area contributed by atoms with E-state index in [4.69, 9.17) is 9.84 Å². The molecule has 0 radical (unpaired) electrons. The van der Waals surface area contributed by atoms with Crippen LogP contribution in [-0.4, -0.2) is 47.3 Å². The normalized spacial score (nSPS) is 20.3. The van der Waals surface area contributed by atoms with Gasteiger partial charge in [0, 0.05) is 19.1 Å². The average molecular weight is 215 g/mol. The van der Waals surface area contributed by atoms with Crippen LogP contribution in [-0.2, 0) is 9.53 Å². The van der Waals surface area contributed by atoms with Gasteiger partial charge in [0.2, 0.25) is 0 Å². The molecule has 0 aromatic carbocycles. The third kappa shape index (κ3) is 3.18. The Hall–Kier alpha value is -0.610. The van der Waals surface area contributed by atoms with E-state index in [0.717, 1.165) is 25.9 Å². The van der Waals surface area contributed by atoms with Gasteiger partial charge in [0.05, 0.1) is 5.60 Å². The summed E-state index contributed by atoms with van der Waals surface area (Å²) in [5.41, 5.74) is -0.249. The fourth-order valence-corrected chi connectivity index (χ4v) is 2.20. The Labute approximate surface area is 91.2 Å². The predicted octanol–water partition coefficient (Wildman–Crippen LogP) is 1.35. The first kappa shape index (κ1) is 12.5. The van der Waals surface area contributed by atoms with Gasteiger partial charge in [-0.2, -0.15) is 0 Å². The van der Waals surface area contributed by atoms with Crippen LogP contribution in [0.5, 0.6) is 0 Å². The van der Waals surface area contributed by atoms with Crippen molar-refractivity contribution < 1.29 is 14.6 Å². The molecule has 1 N–H and O–H groups in total. The third-order valence-corrected chi connectivity index (χ3v) is 3.08. The second kappa shape index (κ2) is 4.94. The molecule has 1 aliphatic heterocycles. The maximum absolute atomic E-state index is 10.4. The minimum atomic E-state index is -0.891. The number of hydrogen-bond donors (Lipinski definition) is 1. The molecule has 0 atom stereocenters. The zero-order valence-corrected chi connectivity index (χ0v) is 9.82. The van der Waals surface area contributed by atoms with Crippen LogP contribution >= 0.6 is 0 Å². The van der Waals surface area contributed by atoms with Crippen molar-refractivity contribution >= 4 is 5.97 Å². The first-order valence-electron chi connectivity index (χ1n) is 5.60. The molecule has 4 heteroatoms. The Morgan fingerprint density at radius 3 is 2.40 bits per heavy atom. The summed E-state index contributed by atoms with van der Waals surface area (Å²) in [7, 11) is 0. The summed E-state index contributed by atoms with van der Waals surface area (Å²) in [5, 5.41) is 8.53. The van der Waals surface area contributed by atoms with E-state index in [1.807, 2.05) is 6.92 Å². The minimum absolute atomic E-state index is 0.187. The minimum Gasteiger partial charge on any atom is -0.480 e. The number of carboxylic acids is 1. The molecule has 4 nitrogen and oxygen atoms in total. The van der Waals surface area contributed by atoms with Crippen molar-refractivity contribution in [1.82, 2.24) is 4.90 Å². The highest BCUT2D eigenvalue weighted by Crippen LogP contribution is 2.28. The number of carbonyl (C=O) groups is 1. The Morgan fingerprint density at radius 2 is 2.00 bits per heavy atom. The highest BCUT2D eigenvalue weighted by molar-refractivity contribution is 5.68. The number of nitrogens with zero attached hydrogens (tertiary/aromatic N) is 1. The Balaban J connectivity index is 2.30. The molecule has 15 heavy (non-hydrogen) atoms. The standard InChI is InChI=1S/C11H21NO3/c1-4-9(5-2)12-7-11(3,8-12)15-6-10(13)14/h9H,4-8H2,1-3H3,(H,13,14). The number of carboxylic acid groups (broad SMARTS) is 1. The van der Waals surface area contributed by atoms with Crippen LogP contribution in [0.15, 0.2) is 0 Å². The maximum atomic E-state index is 10.4. The van der Waals surface area contributed by atoms with E-state index >= 15 is 0 Å². The Kier molecular flexibility index (Phi) is 4.11. The summed E-state index contributed by atoms with van der Waals surface area (Å²) in [6.07, 6.45) is 2.29. The molecule has 0 spiro atoms. The number of ether oxygens (including phenoxy) is 1. The maximum Gasteiger partial charge on any atom is 0.329 e. The molecular weight excluding hydrogens is 194 g/mol. The summed E-state index contributed by atoms with van der Waals surface area (Å²) >= 11 is 0. The van der Waals surface area contributed by atoms with Gasteiger partial charge in [0.1, 0.15) is 6.61 Å². The van der Waals surface area contributed by atoms with Gasteiger partial charge in [-0.15, -0.1) is 0 Å². The molecule has 1 fully saturated rings. The SMILES string of the molecule is CCC(CC)N1CC(C)(OCC(=O)O)C1. The topological polar surface area (TPSA) is 49.8 Å².